The predicted octanol–water partition coefficient (Wildman–Crippen LogP) is 1.21. The third-order valence-corrected chi connectivity index (χ3v) is 4.58. The number of ether oxygens (including phenoxy) is 1. The van der Waals surface area contributed by atoms with Gasteiger partial charge in [0.1, 0.15) is 12.4 Å². The van der Waals surface area contributed by atoms with Gasteiger partial charge in [-0.1, -0.05) is 0 Å². The van der Waals surface area contributed by atoms with E-state index in [0.717, 1.165) is 49.7 Å². The molecule has 1 amide bonds. The predicted molar refractivity (Wildman–Crippen MR) is 97.2 cm³/mol. The van der Waals surface area contributed by atoms with Crippen molar-refractivity contribution in [2.45, 2.75) is 6.92 Å². The van der Waals surface area contributed by atoms with Gasteiger partial charge < -0.3 is 15.4 Å². The number of aryl methyl sites for hydroxylation is 1. The van der Waals surface area contributed by atoms with Crippen LogP contribution in [0.3, 0.4) is 0 Å². The highest BCUT2D eigenvalue weighted by atomic mass is 16.5. The van der Waals surface area contributed by atoms with Crippen molar-refractivity contribution in [2.75, 3.05) is 45.1 Å². The third-order valence-electron chi connectivity index (χ3n) is 4.58. The van der Waals surface area contributed by atoms with Crippen molar-refractivity contribution in [3.63, 3.8) is 0 Å². The molecule has 2 aromatic rings. The highest BCUT2D eigenvalue weighted by Crippen LogP contribution is 2.31. The summed E-state index contributed by atoms with van der Waals surface area (Å²) in [6.45, 7) is 6.41. The Balaban J connectivity index is 1.59. The van der Waals surface area contributed by atoms with Crippen LogP contribution in [0.1, 0.15) is 6.92 Å². The topological polar surface area (TPSA) is 76.6 Å². The lowest BCUT2D eigenvalue weighted by Gasteiger charge is -2.34. The average molecular weight is 343 g/mol. The maximum Gasteiger partial charge on any atom is 0.219 e. The van der Waals surface area contributed by atoms with Gasteiger partial charge in [-0.3, -0.25) is 14.4 Å². The molecule has 0 bridgehead atoms. The molecule has 1 aliphatic rings. The van der Waals surface area contributed by atoms with Gasteiger partial charge in [-0.05, 0) is 24.3 Å². The summed E-state index contributed by atoms with van der Waals surface area (Å²) in [6.07, 6.45) is 1.76. The molecule has 0 atom stereocenters. The van der Waals surface area contributed by atoms with E-state index in [0.29, 0.717) is 12.3 Å². The summed E-state index contributed by atoms with van der Waals surface area (Å²) in [5.74, 6) is 0.957. The first-order chi connectivity index (χ1) is 12.0. The number of hydrogen-bond donors (Lipinski definition) is 1. The standard InChI is InChI=1S/C18H25N5O2/c1-14(24)23-9-7-22(8-10-23)11-12-25-18-4-3-15(19)13-16(18)17-5-6-20-21(17)2/h3-6,13H,7-12,19H2,1-2H3. The van der Waals surface area contributed by atoms with Gasteiger partial charge in [0.05, 0.1) is 5.69 Å². The van der Waals surface area contributed by atoms with Gasteiger partial charge >= 0.3 is 0 Å². The van der Waals surface area contributed by atoms with Gasteiger partial charge in [0, 0.05) is 64.1 Å². The second-order valence-corrected chi connectivity index (χ2v) is 6.29. The molecule has 7 heteroatoms. The van der Waals surface area contributed by atoms with Gasteiger partial charge in [-0.15, -0.1) is 0 Å². The van der Waals surface area contributed by atoms with E-state index < -0.39 is 0 Å². The Morgan fingerprint density at radius 1 is 1.24 bits per heavy atom. The first-order valence-corrected chi connectivity index (χ1v) is 8.53. The number of hydrogen-bond acceptors (Lipinski definition) is 5. The van der Waals surface area contributed by atoms with Gasteiger partial charge in [-0.2, -0.15) is 5.10 Å². The molecule has 1 aliphatic heterocycles. The highest BCUT2D eigenvalue weighted by Gasteiger charge is 2.18. The molecule has 0 spiro atoms. The van der Waals surface area contributed by atoms with E-state index in [1.807, 2.05) is 40.9 Å². The van der Waals surface area contributed by atoms with Crippen molar-refractivity contribution in [3.8, 4) is 17.0 Å². The van der Waals surface area contributed by atoms with Crippen LogP contribution >= 0.6 is 0 Å². The smallest absolute Gasteiger partial charge is 0.219 e. The Kier molecular flexibility index (Phi) is 5.23. The van der Waals surface area contributed by atoms with E-state index in [1.54, 1.807) is 13.1 Å². The van der Waals surface area contributed by atoms with Gasteiger partial charge in [0.2, 0.25) is 5.91 Å². The number of carbonyl (C=O) groups excluding carboxylic acids is 1. The minimum Gasteiger partial charge on any atom is -0.492 e. The number of nitrogens with two attached hydrogens (primary N) is 1. The largest absolute Gasteiger partial charge is 0.492 e. The molecule has 1 aromatic carbocycles. The van der Waals surface area contributed by atoms with Gasteiger partial charge in [0.25, 0.3) is 0 Å². The molecule has 2 heterocycles. The number of carbonyl (C=O) groups is 1. The number of piperazine rings is 1. The van der Waals surface area contributed by atoms with E-state index in [4.69, 9.17) is 10.5 Å². The Morgan fingerprint density at radius 2 is 2.00 bits per heavy atom. The Morgan fingerprint density at radius 3 is 2.64 bits per heavy atom. The van der Waals surface area contributed by atoms with Crippen molar-refractivity contribution in [2.24, 2.45) is 7.05 Å². The number of nitrogens with zero attached hydrogens (tertiary/aromatic N) is 4. The van der Waals surface area contributed by atoms with Crippen LogP contribution in [0.4, 0.5) is 5.69 Å². The summed E-state index contributed by atoms with van der Waals surface area (Å²) in [4.78, 5) is 15.6. The molecule has 7 nitrogen and oxygen atoms in total. The maximum absolute atomic E-state index is 11.4. The summed E-state index contributed by atoms with van der Waals surface area (Å²) in [5, 5.41) is 4.22. The number of nitrogen functional groups attached to an aromatic ring is 1. The quantitative estimate of drug-likeness (QED) is 0.826. The summed E-state index contributed by atoms with van der Waals surface area (Å²) in [7, 11) is 1.90. The molecule has 0 aliphatic carbocycles. The summed E-state index contributed by atoms with van der Waals surface area (Å²) < 4.78 is 7.84. The second-order valence-electron chi connectivity index (χ2n) is 6.29. The fourth-order valence-electron chi connectivity index (χ4n) is 3.08. The molecular formula is C18H25N5O2. The zero-order chi connectivity index (χ0) is 17.8. The van der Waals surface area contributed by atoms with Crippen LogP contribution in [0.5, 0.6) is 5.75 Å². The number of rotatable bonds is 5. The third kappa shape index (κ3) is 4.11. The number of benzene rings is 1. The minimum atomic E-state index is 0.151. The van der Waals surface area contributed by atoms with Crippen LogP contribution in [-0.4, -0.2) is 64.8 Å². The van der Waals surface area contributed by atoms with Crippen LogP contribution in [0.15, 0.2) is 30.5 Å². The van der Waals surface area contributed by atoms with Crippen molar-refractivity contribution in [3.05, 3.63) is 30.5 Å². The van der Waals surface area contributed by atoms with E-state index in [2.05, 4.69) is 10.00 Å². The lowest BCUT2D eigenvalue weighted by molar-refractivity contribution is -0.130. The van der Waals surface area contributed by atoms with Gasteiger partial charge in [0.15, 0.2) is 0 Å². The molecule has 0 radical (unpaired) electrons. The number of anilines is 1. The Bertz CT molecular complexity index is 735. The van der Waals surface area contributed by atoms with Crippen molar-refractivity contribution < 1.29 is 9.53 Å². The summed E-state index contributed by atoms with van der Waals surface area (Å²) in [6, 6.07) is 7.62. The van der Waals surface area contributed by atoms with Crippen molar-refractivity contribution in [1.82, 2.24) is 19.6 Å². The summed E-state index contributed by atoms with van der Waals surface area (Å²) >= 11 is 0. The highest BCUT2D eigenvalue weighted by molar-refractivity contribution is 5.73. The number of amides is 1. The zero-order valence-electron chi connectivity index (χ0n) is 14.8. The first kappa shape index (κ1) is 17.3. The Hall–Kier alpha value is -2.54. The van der Waals surface area contributed by atoms with Crippen molar-refractivity contribution in [1.29, 1.82) is 0 Å². The molecule has 2 N–H and O–H groups in total. The average Bonchev–Trinajstić information content (AvgIpc) is 3.02. The molecule has 25 heavy (non-hydrogen) atoms. The molecule has 3 rings (SSSR count). The molecule has 0 unspecified atom stereocenters. The number of aromatic nitrogens is 2. The van der Waals surface area contributed by atoms with E-state index in [1.165, 1.54) is 0 Å². The Labute approximate surface area is 148 Å². The molecule has 1 saturated heterocycles. The molecule has 134 valence electrons. The normalized spacial score (nSPS) is 15.4. The lowest BCUT2D eigenvalue weighted by Crippen LogP contribution is -2.48. The second kappa shape index (κ2) is 7.57. The van der Waals surface area contributed by atoms with Crippen molar-refractivity contribution >= 4 is 11.6 Å². The van der Waals surface area contributed by atoms with E-state index in [9.17, 15) is 4.79 Å². The monoisotopic (exact) mass is 343 g/mol. The lowest BCUT2D eigenvalue weighted by atomic mass is 10.1. The fraction of sp³-hybridized carbons (Fsp3) is 0.444. The van der Waals surface area contributed by atoms with Crippen LogP contribution in [0, 0.1) is 0 Å². The zero-order valence-corrected chi connectivity index (χ0v) is 14.8. The van der Waals surface area contributed by atoms with Gasteiger partial charge in [-0.25, -0.2) is 0 Å². The molecule has 1 aromatic heterocycles. The summed E-state index contributed by atoms with van der Waals surface area (Å²) in [5.41, 5.74) is 8.55. The van der Waals surface area contributed by atoms with Crippen LogP contribution < -0.4 is 10.5 Å². The van der Waals surface area contributed by atoms with Crippen LogP contribution in [0.25, 0.3) is 11.3 Å². The fourth-order valence-corrected chi connectivity index (χ4v) is 3.08. The van der Waals surface area contributed by atoms with Crippen LogP contribution in [-0.2, 0) is 11.8 Å². The molecular weight excluding hydrogens is 318 g/mol. The minimum absolute atomic E-state index is 0.151. The van der Waals surface area contributed by atoms with E-state index >= 15 is 0 Å². The van der Waals surface area contributed by atoms with E-state index in [-0.39, 0.29) is 5.91 Å². The SMILES string of the molecule is CC(=O)N1CCN(CCOc2ccc(N)cc2-c2ccnn2C)CC1. The molecule has 1 fully saturated rings. The maximum atomic E-state index is 11.4. The first-order valence-electron chi connectivity index (χ1n) is 8.53. The molecule has 0 saturated carbocycles. The van der Waals surface area contributed by atoms with Crippen LogP contribution in [0.2, 0.25) is 0 Å².